The summed E-state index contributed by atoms with van der Waals surface area (Å²) in [6.45, 7) is -0.611. The SMILES string of the molecule is COC(=O)c1cc2c(OC[C@]3(O)CCN(c4c(F)cc(Cl)cc4F)C[C@H]3O)ccc(F)c2[nH]1. The molecule has 0 amide bonds. The zero-order chi connectivity index (χ0) is 23.9. The van der Waals surface area contributed by atoms with Crippen LogP contribution in [-0.4, -0.2) is 59.7 Å². The fraction of sp³-hybridized carbons (Fsp3) is 0.318. The van der Waals surface area contributed by atoms with E-state index in [4.69, 9.17) is 16.3 Å². The number of hydrogen-bond acceptors (Lipinski definition) is 6. The second-order valence-electron chi connectivity index (χ2n) is 7.83. The first-order chi connectivity index (χ1) is 15.6. The highest BCUT2D eigenvalue weighted by molar-refractivity contribution is 6.30. The average Bonchev–Trinajstić information content (AvgIpc) is 3.21. The van der Waals surface area contributed by atoms with Gasteiger partial charge in [0.15, 0.2) is 11.6 Å². The number of ether oxygens (including phenoxy) is 2. The molecule has 2 heterocycles. The number of aromatic nitrogens is 1. The molecule has 7 nitrogen and oxygen atoms in total. The molecule has 1 aromatic heterocycles. The van der Waals surface area contributed by atoms with Gasteiger partial charge in [-0.05, 0) is 36.8 Å². The van der Waals surface area contributed by atoms with E-state index in [-0.39, 0.29) is 59.2 Å². The smallest absolute Gasteiger partial charge is 0.354 e. The minimum atomic E-state index is -1.74. The maximum atomic E-state index is 14.2. The molecule has 4 rings (SSSR count). The monoisotopic (exact) mass is 484 g/mol. The molecule has 0 unspecified atom stereocenters. The van der Waals surface area contributed by atoms with Gasteiger partial charge < -0.3 is 29.6 Å². The molecule has 3 N–H and O–H groups in total. The molecule has 0 spiro atoms. The van der Waals surface area contributed by atoms with Crippen LogP contribution in [0.15, 0.2) is 30.3 Å². The van der Waals surface area contributed by atoms with Gasteiger partial charge in [-0.15, -0.1) is 0 Å². The van der Waals surface area contributed by atoms with Crippen molar-refractivity contribution in [2.24, 2.45) is 0 Å². The number of H-pyrrole nitrogens is 1. The zero-order valence-electron chi connectivity index (χ0n) is 17.4. The number of carbonyl (C=O) groups is 1. The molecule has 0 radical (unpaired) electrons. The van der Waals surface area contributed by atoms with E-state index in [1.807, 2.05) is 0 Å². The Kier molecular flexibility index (Phi) is 6.17. The van der Waals surface area contributed by atoms with Crippen molar-refractivity contribution >= 4 is 34.2 Å². The number of nitrogens with zero attached hydrogens (tertiary/aromatic N) is 1. The van der Waals surface area contributed by atoms with Crippen molar-refractivity contribution in [2.45, 2.75) is 18.1 Å². The van der Waals surface area contributed by atoms with Crippen molar-refractivity contribution in [1.29, 1.82) is 0 Å². The van der Waals surface area contributed by atoms with Crippen molar-refractivity contribution < 1.29 is 37.7 Å². The summed E-state index contributed by atoms with van der Waals surface area (Å²) in [6, 6.07) is 5.75. The van der Waals surface area contributed by atoms with Gasteiger partial charge in [0.2, 0.25) is 0 Å². The van der Waals surface area contributed by atoms with Crippen molar-refractivity contribution in [2.75, 3.05) is 31.7 Å². The molecular formula is C22H20ClF3N2O5. The van der Waals surface area contributed by atoms with Crippen LogP contribution < -0.4 is 9.64 Å². The van der Waals surface area contributed by atoms with E-state index in [9.17, 15) is 28.2 Å². The topological polar surface area (TPSA) is 95.0 Å². The quantitative estimate of drug-likeness (QED) is 0.480. The third-order valence-electron chi connectivity index (χ3n) is 5.71. The molecule has 0 bridgehead atoms. The number of methoxy groups -OCH3 is 1. The first-order valence-electron chi connectivity index (χ1n) is 9.95. The number of anilines is 1. The Bertz CT molecular complexity index is 1200. The summed E-state index contributed by atoms with van der Waals surface area (Å²) < 4.78 is 53.0. The van der Waals surface area contributed by atoms with Gasteiger partial charge in [-0.1, -0.05) is 11.6 Å². The van der Waals surface area contributed by atoms with Gasteiger partial charge in [-0.3, -0.25) is 0 Å². The molecule has 1 aliphatic heterocycles. The minimum absolute atomic E-state index is 0.0153. The summed E-state index contributed by atoms with van der Waals surface area (Å²) in [5, 5.41) is 21.7. The van der Waals surface area contributed by atoms with Crippen molar-refractivity contribution in [3.63, 3.8) is 0 Å². The lowest BCUT2D eigenvalue weighted by Gasteiger charge is -2.42. The summed E-state index contributed by atoms with van der Waals surface area (Å²) in [5.74, 6) is -2.91. The highest BCUT2D eigenvalue weighted by Gasteiger charge is 2.42. The van der Waals surface area contributed by atoms with Crippen LogP contribution in [-0.2, 0) is 4.74 Å². The second-order valence-corrected chi connectivity index (χ2v) is 8.27. The van der Waals surface area contributed by atoms with Gasteiger partial charge >= 0.3 is 5.97 Å². The number of aliphatic hydroxyl groups is 2. The zero-order valence-corrected chi connectivity index (χ0v) is 18.1. The molecule has 2 aromatic carbocycles. The number of rotatable bonds is 5. The number of benzene rings is 2. The maximum Gasteiger partial charge on any atom is 0.354 e. The summed E-state index contributed by atoms with van der Waals surface area (Å²) in [4.78, 5) is 15.7. The number of nitrogens with one attached hydrogen (secondary N) is 1. The second kappa shape index (κ2) is 8.77. The molecule has 1 fully saturated rings. The minimum Gasteiger partial charge on any atom is -0.490 e. The Morgan fingerprint density at radius 3 is 2.58 bits per heavy atom. The van der Waals surface area contributed by atoms with Crippen LogP contribution in [0.4, 0.5) is 18.9 Å². The van der Waals surface area contributed by atoms with Gasteiger partial charge in [0.05, 0.1) is 12.6 Å². The Hall–Kier alpha value is -2.95. The highest BCUT2D eigenvalue weighted by Crippen LogP contribution is 2.34. The van der Waals surface area contributed by atoms with Gasteiger partial charge in [-0.25, -0.2) is 18.0 Å². The summed E-state index contributed by atoms with van der Waals surface area (Å²) in [6.07, 6.45) is -1.48. The predicted molar refractivity (Wildman–Crippen MR) is 114 cm³/mol. The van der Waals surface area contributed by atoms with Crippen LogP contribution >= 0.6 is 11.6 Å². The number of halogens is 4. The lowest BCUT2D eigenvalue weighted by molar-refractivity contribution is -0.108. The summed E-state index contributed by atoms with van der Waals surface area (Å²) >= 11 is 5.66. The number of aliphatic hydroxyl groups excluding tert-OH is 1. The van der Waals surface area contributed by atoms with E-state index < -0.39 is 35.1 Å². The van der Waals surface area contributed by atoms with Crippen LogP contribution in [0.3, 0.4) is 0 Å². The van der Waals surface area contributed by atoms with E-state index in [0.29, 0.717) is 0 Å². The number of fused-ring (bicyclic) bond motifs is 1. The first kappa shape index (κ1) is 23.2. The lowest BCUT2D eigenvalue weighted by atomic mass is 9.89. The standard InChI is InChI=1S/C22H20ClF3N2O5/c1-32-21(30)16-8-12-17(3-2-13(24)19(12)27-16)33-10-22(31)4-5-28(9-18(22)29)20-14(25)6-11(23)7-15(20)26/h2-3,6-8,18,27,29,31H,4-5,9-10H2,1H3/t18-,22-/m1/s1. The van der Waals surface area contributed by atoms with Crippen LogP contribution in [0.2, 0.25) is 5.02 Å². The Labute approximate surface area is 191 Å². The van der Waals surface area contributed by atoms with Gasteiger partial charge in [0, 0.05) is 23.5 Å². The number of hydrogen-bond donors (Lipinski definition) is 3. The predicted octanol–water partition coefficient (Wildman–Crippen LogP) is 3.41. The molecule has 2 atom stereocenters. The van der Waals surface area contributed by atoms with Crippen LogP contribution in [0.5, 0.6) is 5.75 Å². The van der Waals surface area contributed by atoms with Crippen molar-refractivity contribution in [3.8, 4) is 5.75 Å². The fourth-order valence-electron chi connectivity index (χ4n) is 3.88. The summed E-state index contributed by atoms with van der Waals surface area (Å²) in [5.41, 5.74) is -2.05. The van der Waals surface area contributed by atoms with Gasteiger partial charge in [0.1, 0.15) is 41.3 Å². The molecule has 1 aliphatic rings. The highest BCUT2D eigenvalue weighted by atomic mass is 35.5. The molecule has 0 aliphatic carbocycles. The Morgan fingerprint density at radius 1 is 1.24 bits per heavy atom. The third-order valence-corrected chi connectivity index (χ3v) is 5.93. The average molecular weight is 485 g/mol. The number of aromatic amines is 1. The third kappa shape index (κ3) is 4.33. The Morgan fingerprint density at radius 2 is 1.94 bits per heavy atom. The van der Waals surface area contributed by atoms with Crippen LogP contribution in [0, 0.1) is 17.5 Å². The first-order valence-corrected chi connectivity index (χ1v) is 10.3. The van der Waals surface area contributed by atoms with E-state index in [1.54, 1.807) is 0 Å². The molecule has 176 valence electrons. The molecule has 11 heteroatoms. The molecule has 1 saturated heterocycles. The lowest BCUT2D eigenvalue weighted by Crippen LogP contribution is -2.58. The van der Waals surface area contributed by atoms with Gasteiger partial charge in [0.25, 0.3) is 0 Å². The van der Waals surface area contributed by atoms with Crippen molar-refractivity contribution in [3.05, 3.63) is 58.5 Å². The van der Waals surface area contributed by atoms with Crippen molar-refractivity contribution in [1.82, 2.24) is 4.98 Å². The van der Waals surface area contributed by atoms with Gasteiger partial charge in [-0.2, -0.15) is 0 Å². The molecule has 33 heavy (non-hydrogen) atoms. The number of esters is 1. The van der Waals surface area contributed by atoms with Crippen LogP contribution in [0.25, 0.3) is 10.9 Å². The molecule has 0 saturated carbocycles. The van der Waals surface area contributed by atoms with E-state index in [2.05, 4.69) is 9.72 Å². The Balaban J connectivity index is 1.52. The number of carbonyl (C=O) groups excluding carboxylic acids is 1. The summed E-state index contributed by atoms with van der Waals surface area (Å²) in [7, 11) is 1.19. The van der Waals surface area contributed by atoms with Crippen LogP contribution in [0.1, 0.15) is 16.9 Å². The van der Waals surface area contributed by atoms with E-state index in [1.165, 1.54) is 24.1 Å². The van der Waals surface area contributed by atoms with E-state index in [0.717, 1.165) is 18.2 Å². The normalized spacial score (nSPS) is 20.8. The number of β-amino-alcohol motifs (C(OH)–C–C–N with tert-alkyl or cyclic N) is 1. The number of piperidine rings is 1. The molecule has 3 aromatic rings. The fourth-order valence-corrected chi connectivity index (χ4v) is 4.07. The molecular weight excluding hydrogens is 465 g/mol. The largest absolute Gasteiger partial charge is 0.490 e. The maximum absolute atomic E-state index is 14.2. The van der Waals surface area contributed by atoms with E-state index >= 15 is 0 Å².